The van der Waals surface area contributed by atoms with Gasteiger partial charge in [-0.15, -0.1) is 24.0 Å². The number of ether oxygens (including phenoxy) is 1. The number of guanidine groups is 1. The van der Waals surface area contributed by atoms with Gasteiger partial charge in [0.25, 0.3) is 5.69 Å². The van der Waals surface area contributed by atoms with E-state index < -0.39 is 10.7 Å². The number of nitrogens with one attached hydrogen (secondary N) is 2. The molecule has 0 fully saturated rings. The number of nitro benzene ring substituents is 1. The molecule has 27 heavy (non-hydrogen) atoms. The van der Waals surface area contributed by atoms with Crippen LogP contribution < -0.4 is 15.4 Å². The van der Waals surface area contributed by atoms with Gasteiger partial charge in [0.2, 0.25) is 0 Å². The minimum atomic E-state index is -0.419. The van der Waals surface area contributed by atoms with Gasteiger partial charge in [0.15, 0.2) is 17.5 Å². The lowest BCUT2D eigenvalue weighted by Crippen LogP contribution is -2.41. The van der Waals surface area contributed by atoms with Gasteiger partial charge in [-0.25, -0.2) is 4.39 Å². The van der Waals surface area contributed by atoms with Crippen molar-refractivity contribution in [3.63, 3.8) is 0 Å². The van der Waals surface area contributed by atoms with Crippen LogP contribution in [0, 0.1) is 15.9 Å². The number of nitrogens with zero attached hydrogens (tertiary/aromatic N) is 2. The number of rotatable bonds is 7. The summed E-state index contributed by atoms with van der Waals surface area (Å²) in [6.45, 7) is 2.43. The summed E-state index contributed by atoms with van der Waals surface area (Å²) < 4.78 is 19.1. The Kier molecular flexibility index (Phi) is 9.48. The fraction of sp³-hybridized carbons (Fsp3) is 0.278. The van der Waals surface area contributed by atoms with Gasteiger partial charge in [-0.3, -0.25) is 15.1 Å². The Morgan fingerprint density at radius 3 is 2.56 bits per heavy atom. The predicted octanol–water partition coefficient (Wildman–Crippen LogP) is 3.48. The molecule has 1 atom stereocenters. The second kappa shape index (κ2) is 11.3. The van der Waals surface area contributed by atoms with E-state index in [4.69, 9.17) is 4.74 Å². The summed E-state index contributed by atoms with van der Waals surface area (Å²) in [7, 11) is 1.59. The number of aliphatic imine (C=N–C) groups is 1. The molecule has 0 aromatic heterocycles. The summed E-state index contributed by atoms with van der Waals surface area (Å²) in [6, 6.07) is 12.7. The van der Waals surface area contributed by atoms with Crippen LogP contribution in [0.1, 0.15) is 12.5 Å². The zero-order valence-corrected chi connectivity index (χ0v) is 17.3. The lowest BCUT2D eigenvalue weighted by atomic mass is 10.2. The Morgan fingerprint density at radius 2 is 1.89 bits per heavy atom. The highest BCUT2D eigenvalue weighted by Crippen LogP contribution is 2.17. The highest BCUT2D eigenvalue weighted by atomic mass is 127. The second-order valence-corrected chi connectivity index (χ2v) is 5.55. The third-order valence-electron chi connectivity index (χ3n) is 3.58. The first kappa shape index (κ1) is 22.6. The summed E-state index contributed by atoms with van der Waals surface area (Å²) in [5, 5.41) is 17.1. The predicted molar refractivity (Wildman–Crippen MR) is 113 cm³/mol. The zero-order valence-electron chi connectivity index (χ0n) is 15.0. The Bertz CT molecular complexity index is 789. The van der Waals surface area contributed by atoms with Crippen LogP contribution in [0.4, 0.5) is 10.1 Å². The first-order chi connectivity index (χ1) is 12.5. The molecule has 2 aromatic rings. The number of para-hydroxylation sites is 2. The zero-order chi connectivity index (χ0) is 18.9. The smallest absolute Gasteiger partial charge is 0.274 e. The molecule has 146 valence electrons. The molecule has 0 saturated heterocycles. The Balaban J connectivity index is 0.00000364. The quantitative estimate of drug-likeness (QED) is 0.205. The second-order valence-electron chi connectivity index (χ2n) is 5.55. The number of hydrogen-bond donors (Lipinski definition) is 2. The first-order valence-electron chi connectivity index (χ1n) is 8.09. The van der Waals surface area contributed by atoms with Gasteiger partial charge in [0, 0.05) is 25.2 Å². The third-order valence-corrected chi connectivity index (χ3v) is 3.58. The summed E-state index contributed by atoms with van der Waals surface area (Å²) >= 11 is 0. The molecule has 0 radical (unpaired) electrons. The molecule has 2 rings (SSSR count). The molecule has 0 aliphatic heterocycles. The van der Waals surface area contributed by atoms with E-state index >= 15 is 0 Å². The van der Waals surface area contributed by atoms with E-state index in [0.29, 0.717) is 18.1 Å². The van der Waals surface area contributed by atoms with Gasteiger partial charge in [-0.1, -0.05) is 30.3 Å². The van der Waals surface area contributed by atoms with Crippen LogP contribution in [0.15, 0.2) is 53.5 Å². The van der Waals surface area contributed by atoms with E-state index in [1.165, 1.54) is 12.1 Å². The molecule has 2 aromatic carbocycles. The monoisotopic (exact) mass is 488 g/mol. The number of hydrogen-bond acceptors (Lipinski definition) is 4. The lowest BCUT2D eigenvalue weighted by Gasteiger charge is -2.18. The largest absolute Gasteiger partial charge is 0.486 e. The maximum absolute atomic E-state index is 13.6. The van der Waals surface area contributed by atoms with Crippen molar-refractivity contribution >= 4 is 35.6 Å². The standard InChI is InChI=1S/C18H21FN4O3.HI/c1-13(26-17-10-6-4-8-15(17)19)11-21-18(20-2)22-12-14-7-3-5-9-16(14)23(24)25;/h3-10,13H,11-12H2,1-2H3,(H2,20,21,22);1H. The average Bonchev–Trinajstić information content (AvgIpc) is 2.64. The minimum absolute atomic E-state index is 0. The van der Waals surface area contributed by atoms with Crippen molar-refractivity contribution in [2.75, 3.05) is 13.6 Å². The molecule has 0 heterocycles. The number of halogens is 2. The van der Waals surface area contributed by atoms with E-state index in [-0.39, 0.29) is 48.1 Å². The SMILES string of the molecule is CN=C(NCc1ccccc1[N+](=O)[O-])NCC(C)Oc1ccccc1F.I. The summed E-state index contributed by atoms with van der Waals surface area (Å²) in [5.41, 5.74) is 0.600. The van der Waals surface area contributed by atoms with Crippen molar-refractivity contribution in [3.8, 4) is 5.75 Å². The average molecular weight is 488 g/mol. The maximum Gasteiger partial charge on any atom is 0.274 e. The van der Waals surface area contributed by atoms with Crippen LogP contribution in [0.2, 0.25) is 0 Å². The van der Waals surface area contributed by atoms with E-state index in [1.54, 1.807) is 50.4 Å². The molecule has 0 bridgehead atoms. The van der Waals surface area contributed by atoms with E-state index in [1.807, 2.05) is 0 Å². The Labute approximate surface area is 174 Å². The van der Waals surface area contributed by atoms with Crippen LogP contribution in [0.25, 0.3) is 0 Å². The topological polar surface area (TPSA) is 88.8 Å². The van der Waals surface area contributed by atoms with Crippen LogP contribution in [0.5, 0.6) is 5.75 Å². The number of nitro groups is 1. The molecule has 0 amide bonds. The van der Waals surface area contributed by atoms with Gasteiger partial charge >= 0.3 is 0 Å². The van der Waals surface area contributed by atoms with Gasteiger partial charge in [-0.05, 0) is 19.1 Å². The van der Waals surface area contributed by atoms with Crippen LogP contribution in [0.3, 0.4) is 0 Å². The van der Waals surface area contributed by atoms with Crippen LogP contribution in [-0.2, 0) is 6.54 Å². The summed E-state index contributed by atoms with van der Waals surface area (Å²) in [4.78, 5) is 14.7. The summed E-state index contributed by atoms with van der Waals surface area (Å²) in [6.07, 6.45) is -0.309. The fourth-order valence-corrected chi connectivity index (χ4v) is 2.28. The van der Waals surface area contributed by atoms with Crippen LogP contribution in [-0.4, -0.2) is 30.6 Å². The molecular weight excluding hydrogens is 466 g/mol. The number of benzene rings is 2. The Morgan fingerprint density at radius 1 is 1.22 bits per heavy atom. The first-order valence-corrected chi connectivity index (χ1v) is 8.09. The van der Waals surface area contributed by atoms with Crippen molar-refractivity contribution < 1.29 is 14.1 Å². The molecule has 0 aliphatic rings. The molecular formula is C18H22FIN4O3. The summed E-state index contributed by atoms with van der Waals surface area (Å²) in [5.74, 6) is 0.232. The third kappa shape index (κ3) is 7.00. The molecule has 0 saturated carbocycles. The van der Waals surface area contributed by atoms with Crippen molar-refractivity contribution in [1.29, 1.82) is 0 Å². The van der Waals surface area contributed by atoms with Crippen molar-refractivity contribution in [2.24, 2.45) is 4.99 Å². The van der Waals surface area contributed by atoms with E-state index in [9.17, 15) is 14.5 Å². The fourth-order valence-electron chi connectivity index (χ4n) is 2.28. The highest BCUT2D eigenvalue weighted by Gasteiger charge is 2.13. The van der Waals surface area contributed by atoms with Crippen molar-refractivity contribution in [3.05, 3.63) is 70.0 Å². The maximum atomic E-state index is 13.6. The molecule has 1 unspecified atom stereocenters. The van der Waals surface area contributed by atoms with Crippen molar-refractivity contribution in [2.45, 2.75) is 19.6 Å². The molecule has 7 nitrogen and oxygen atoms in total. The highest BCUT2D eigenvalue weighted by molar-refractivity contribution is 14.0. The lowest BCUT2D eigenvalue weighted by molar-refractivity contribution is -0.385. The normalized spacial score (nSPS) is 11.9. The van der Waals surface area contributed by atoms with E-state index in [0.717, 1.165) is 0 Å². The van der Waals surface area contributed by atoms with Gasteiger partial charge in [-0.2, -0.15) is 0 Å². The Hall–Kier alpha value is -2.43. The minimum Gasteiger partial charge on any atom is -0.486 e. The van der Waals surface area contributed by atoms with Gasteiger partial charge < -0.3 is 15.4 Å². The molecule has 9 heteroatoms. The van der Waals surface area contributed by atoms with Crippen LogP contribution >= 0.6 is 24.0 Å². The van der Waals surface area contributed by atoms with Gasteiger partial charge in [0.05, 0.1) is 11.5 Å². The van der Waals surface area contributed by atoms with Crippen molar-refractivity contribution in [1.82, 2.24) is 10.6 Å². The molecule has 0 aliphatic carbocycles. The molecule has 2 N–H and O–H groups in total. The van der Waals surface area contributed by atoms with E-state index in [2.05, 4.69) is 15.6 Å². The molecule has 0 spiro atoms. The van der Waals surface area contributed by atoms with Gasteiger partial charge in [0.1, 0.15) is 6.10 Å².